The molecule has 0 unspecified atom stereocenters. The van der Waals surface area contributed by atoms with Crippen LogP contribution in [0, 0.1) is 0 Å². The van der Waals surface area contributed by atoms with Crippen molar-refractivity contribution in [3.63, 3.8) is 0 Å². The summed E-state index contributed by atoms with van der Waals surface area (Å²) >= 11 is 3.52. The second kappa shape index (κ2) is 9.32. The zero-order valence-corrected chi connectivity index (χ0v) is 18.8. The van der Waals surface area contributed by atoms with Crippen LogP contribution in [-0.4, -0.2) is 26.7 Å². The number of carbonyl (C=O) groups excluding carboxylic acids is 1. The molecule has 0 saturated carbocycles. The molecule has 0 aliphatic carbocycles. The van der Waals surface area contributed by atoms with E-state index in [0.717, 1.165) is 10.0 Å². The van der Waals surface area contributed by atoms with Crippen LogP contribution in [0.4, 0.5) is 0 Å². The van der Waals surface area contributed by atoms with Gasteiger partial charge >= 0.3 is 0 Å². The number of carbonyl (C=O) groups is 1. The molecule has 5 nitrogen and oxygen atoms in total. The summed E-state index contributed by atoms with van der Waals surface area (Å²) in [6.07, 6.45) is 0. The number of ether oxygens (including phenoxy) is 3. The minimum absolute atomic E-state index is 0.0489. The highest BCUT2D eigenvalue weighted by molar-refractivity contribution is 9.10. The van der Waals surface area contributed by atoms with Crippen molar-refractivity contribution >= 4 is 21.8 Å². The lowest BCUT2D eigenvalue weighted by Crippen LogP contribution is -2.31. The van der Waals surface area contributed by atoms with Crippen LogP contribution in [0.3, 0.4) is 0 Å². The third kappa shape index (κ3) is 5.64. The van der Waals surface area contributed by atoms with Crippen molar-refractivity contribution < 1.29 is 19.0 Å². The van der Waals surface area contributed by atoms with E-state index in [1.54, 1.807) is 14.2 Å². The predicted octanol–water partition coefficient (Wildman–Crippen LogP) is 5.02. The Morgan fingerprint density at radius 1 is 1.04 bits per heavy atom. The highest BCUT2D eigenvalue weighted by Crippen LogP contribution is 2.32. The van der Waals surface area contributed by atoms with E-state index in [9.17, 15) is 4.79 Å². The van der Waals surface area contributed by atoms with Crippen molar-refractivity contribution in [3.8, 4) is 17.2 Å². The topological polar surface area (TPSA) is 56.8 Å². The van der Waals surface area contributed by atoms with Crippen LogP contribution in [0.15, 0.2) is 40.9 Å². The summed E-state index contributed by atoms with van der Waals surface area (Å²) in [7, 11) is 3.17. The number of rotatable bonds is 7. The second-order valence-electron chi connectivity index (χ2n) is 7.59. The van der Waals surface area contributed by atoms with Crippen LogP contribution < -0.4 is 19.5 Å². The third-order valence-electron chi connectivity index (χ3n) is 4.44. The molecule has 2 aromatic carbocycles. The van der Waals surface area contributed by atoms with Crippen molar-refractivity contribution in [2.45, 2.75) is 39.2 Å². The lowest BCUT2D eigenvalue weighted by atomic mass is 9.87. The molecule has 1 N–H and O–H groups in total. The van der Waals surface area contributed by atoms with Gasteiger partial charge in [-0.25, -0.2) is 0 Å². The summed E-state index contributed by atoms with van der Waals surface area (Å²) in [6, 6.07) is 11.3. The highest BCUT2D eigenvalue weighted by atomic mass is 79.9. The number of benzene rings is 2. The van der Waals surface area contributed by atoms with Gasteiger partial charge in [-0.05, 0) is 63.7 Å². The van der Waals surface area contributed by atoms with Crippen LogP contribution in [-0.2, 0) is 10.2 Å². The van der Waals surface area contributed by atoms with E-state index in [1.807, 2.05) is 43.3 Å². The molecule has 6 heteroatoms. The van der Waals surface area contributed by atoms with Crippen LogP contribution >= 0.6 is 15.9 Å². The lowest BCUT2D eigenvalue weighted by Gasteiger charge is -2.20. The quantitative estimate of drug-likeness (QED) is 0.644. The minimum atomic E-state index is -0.200. The number of methoxy groups -OCH3 is 2. The Balaban J connectivity index is 1.97. The molecule has 0 spiro atoms. The second-order valence-corrected chi connectivity index (χ2v) is 8.44. The Labute approximate surface area is 175 Å². The Morgan fingerprint density at radius 2 is 1.68 bits per heavy atom. The van der Waals surface area contributed by atoms with E-state index < -0.39 is 0 Å². The van der Waals surface area contributed by atoms with Crippen LogP contribution in [0.5, 0.6) is 17.2 Å². The van der Waals surface area contributed by atoms with E-state index >= 15 is 0 Å². The van der Waals surface area contributed by atoms with Crippen molar-refractivity contribution in [3.05, 3.63) is 52.0 Å². The molecular weight excluding hydrogens is 422 g/mol. The van der Waals surface area contributed by atoms with Gasteiger partial charge in [-0.1, -0.05) is 32.9 Å². The first-order valence-corrected chi connectivity index (χ1v) is 9.89. The maximum absolute atomic E-state index is 12.3. The van der Waals surface area contributed by atoms with Gasteiger partial charge in [0.1, 0.15) is 5.75 Å². The first-order chi connectivity index (χ1) is 13.2. The molecule has 2 rings (SSSR count). The van der Waals surface area contributed by atoms with Crippen molar-refractivity contribution in [2.75, 3.05) is 20.8 Å². The summed E-state index contributed by atoms with van der Waals surface area (Å²) in [5.41, 5.74) is 2.16. The van der Waals surface area contributed by atoms with E-state index in [4.69, 9.17) is 14.2 Å². The van der Waals surface area contributed by atoms with E-state index in [2.05, 4.69) is 42.0 Å². The molecule has 0 aliphatic rings. The van der Waals surface area contributed by atoms with Gasteiger partial charge in [0.25, 0.3) is 5.91 Å². The number of nitrogens with one attached hydrogen (secondary N) is 1. The summed E-state index contributed by atoms with van der Waals surface area (Å²) in [4.78, 5) is 12.3. The molecule has 0 saturated heterocycles. The molecule has 0 radical (unpaired) electrons. The van der Waals surface area contributed by atoms with Gasteiger partial charge in [-0.3, -0.25) is 4.79 Å². The first kappa shape index (κ1) is 22.1. The van der Waals surface area contributed by atoms with Crippen molar-refractivity contribution in [1.29, 1.82) is 0 Å². The average molecular weight is 450 g/mol. The Bertz CT molecular complexity index is 830. The Morgan fingerprint density at radius 3 is 2.25 bits per heavy atom. The maximum Gasteiger partial charge on any atom is 0.258 e. The van der Waals surface area contributed by atoms with E-state index in [1.165, 1.54) is 5.56 Å². The molecule has 0 fully saturated rings. The molecule has 28 heavy (non-hydrogen) atoms. The summed E-state index contributed by atoms with van der Waals surface area (Å²) in [6.45, 7) is 8.30. The fourth-order valence-corrected chi connectivity index (χ4v) is 3.21. The molecule has 1 amide bonds. The number of halogens is 1. The largest absolute Gasteiger partial charge is 0.493 e. The fraction of sp³-hybridized carbons (Fsp3) is 0.409. The monoisotopic (exact) mass is 449 g/mol. The first-order valence-electron chi connectivity index (χ1n) is 9.09. The molecule has 0 heterocycles. The number of hydrogen-bond donors (Lipinski definition) is 1. The van der Waals surface area contributed by atoms with Gasteiger partial charge in [-0.15, -0.1) is 0 Å². The van der Waals surface area contributed by atoms with Gasteiger partial charge in [0, 0.05) is 0 Å². The van der Waals surface area contributed by atoms with Crippen LogP contribution in [0.1, 0.15) is 44.9 Å². The smallest absolute Gasteiger partial charge is 0.258 e. The zero-order chi connectivity index (χ0) is 20.9. The highest BCUT2D eigenvalue weighted by Gasteiger charge is 2.17. The Kier molecular flexibility index (Phi) is 7.35. The van der Waals surface area contributed by atoms with Crippen LogP contribution in [0.25, 0.3) is 0 Å². The van der Waals surface area contributed by atoms with E-state index in [0.29, 0.717) is 17.2 Å². The molecule has 0 aliphatic heterocycles. The lowest BCUT2D eigenvalue weighted by molar-refractivity contribution is -0.123. The average Bonchev–Trinajstić information content (AvgIpc) is 2.65. The van der Waals surface area contributed by atoms with Crippen molar-refractivity contribution in [2.24, 2.45) is 0 Å². The SMILES string of the molecule is COc1ccc([C@H](C)NC(=O)COc2ccc(C(C)(C)C)cc2Br)cc1OC. The molecule has 152 valence electrons. The Hall–Kier alpha value is -2.21. The van der Waals surface area contributed by atoms with Gasteiger partial charge in [0.05, 0.1) is 24.7 Å². The summed E-state index contributed by atoms with van der Waals surface area (Å²) in [5.74, 6) is 1.72. The molecule has 1 atom stereocenters. The van der Waals surface area contributed by atoms with Crippen molar-refractivity contribution in [1.82, 2.24) is 5.32 Å². The normalized spacial score (nSPS) is 12.2. The van der Waals surface area contributed by atoms with Crippen LogP contribution in [0.2, 0.25) is 0 Å². The molecule has 0 bridgehead atoms. The standard InChI is InChI=1S/C22H28BrNO4/c1-14(15-7-9-19(26-5)20(11-15)27-6)24-21(25)13-28-18-10-8-16(12-17(18)23)22(2,3)4/h7-12,14H,13H2,1-6H3,(H,24,25)/t14-/m0/s1. The van der Waals surface area contributed by atoms with Gasteiger partial charge < -0.3 is 19.5 Å². The third-order valence-corrected chi connectivity index (χ3v) is 5.06. The number of hydrogen-bond acceptors (Lipinski definition) is 4. The summed E-state index contributed by atoms with van der Waals surface area (Å²) in [5, 5.41) is 2.93. The minimum Gasteiger partial charge on any atom is -0.493 e. The molecule has 0 aromatic heterocycles. The van der Waals surface area contributed by atoms with E-state index in [-0.39, 0.29) is 24.0 Å². The van der Waals surface area contributed by atoms with Gasteiger partial charge in [-0.2, -0.15) is 0 Å². The molecular formula is C22H28BrNO4. The number of amides is 1. The molecule has 2 aromatic rings. The zero-order valence-electron chi connectivity index (χ0n) is 17.3. The summed E-state index contributed by atoms with van der Waals surface area (Å²) < 4.78 is 17.1. The fourth-order valence-electron chi connectivity index (χ4n) is 2.72. The maximum atomic E-state index is 12.3. The van der Waals surface area contributed by atoms with Gasteiger partial charge in [0.15, 0.2) is 18.1 Å². The van der Waals surface area contributed by atoms with Gasteiger partial charge in [0.2, 0.25) is 0 Å². The predicted molar refractivity (Wildman–Crippen MR) is 114 cm³/mol.